The standard InChI is InChI=1S/C33H28N2O5/c1-20-8-17-27-28(35-32(38)39-21(2)22-6-4-3-5-7-22)29(40-30(27)34-20)25-11-9-23(10-12-25)24-13-15-26(16-14-24)33(18-19-33)31(36)37/h3-17,21H,18-19H2,1-2H3,(H,35,38)(H,36,37). The predicted octanol–water partition coefficient (Wildman–Crippen LogP) is 7.90. The summed E-state index contributed by atoms with van der Waals surface area (Å²) in [5, 5.41) is 13.1. The summed E-state index contributed by atoms with van der Waals surface area (Å²) in [5.74, 6) is -0.278. The molecule has 1 saturated carbocycles. The molecule has 7 heteroatoms. The van der Waals surface area contributed by atoms with Crippen molar-refractivity contribution in [3.63, 3.8) is 0 Å². The number of benzene rings is 3. The summed E-state index contributed by atoms with van der Waals surface area (Å²) in [6.07, 6.45) is 0.334. The van der Waals surface area contributed by atoms with Crippen LogP contribution < -0.4 is 5.32 Å². The first-order valence-corrected chi connectivity index (χ1v) is 13.2. The molecule has 0 spiro atoms. The highest BCUT2D eigenvalue weighted by Crippen LogP contribution is 2.48. The number of hydrogen-bond acceptors (Lipinski definition) is 5. The molecule has 1 atom stereocenters. The van der Waals surface area contributed by atoms with Crippen molar-refractivity contribution in [2.24, 2.45) is 0 Å². The van der Waals surface area contributed by atoms with Crippen LogP contribution >= 0.6 is 0 Å². The van der Waals surface area contributed by atoms with E-state index in [1.807, 2.05) is 105 Å². The van der Waals surface area contributed by atoms with Gasteiger partial charge in [-0.15, -0.1) is 0 Å². The Labute approximate surface area is 231 Å². The minimum absolute atomic E-state index is 0.425. The molecule has 1 unspecified atom stereocenters. The van der Waals surface area contributed by atoms with Gasteiger partial charge in [-0.2, -0.15) is 0 Å². The number of fused-ring (bicyclic) bond motifs is 1. The number of nitrogens with zero attached hydrogens (tertiary/aromatic N) is 1. The number of rotatable bonds is 7. The Hall–Kier alpha value is -4.91. The molecule has 1 aliphatic carbocycles. The number of ether oxygens (including phenoxy) is 1. The molecule has 200 valence electrons. The largest absolute Gasteiger partial charge is 0.481 e. The highest BCUT2D eigenvalue weighted by atomic mass is 16.6. The third-order valence-corrected chi connectivity index (χ3v) is 7.55. The van der Waals surface area contributed by atoms with Gasteiger partial charge in [0.05, 0.1) is 10.8 Å². The number of aryl methyl sites for hydroxylation is 1. The van der Waals surface area contributed by atoms with Crippen LogP contribution in [0.15, 0.2) is 95.4 Å². The van der Waals surface area contributed by atoms with E-state index in [1.54, 1.807) is 0 Å². The molecule has 6 rings (SSSR count). The number of carboxylic acids is 1. The highest BCUT2D eigenvalue weighted by molar-refractivity contribution is 6.04. The average molecular weight is 533 g/mol. The fourth-order valence-electron chi connectivity index (χ4n) is 5.03. The molecule has 1 fully saturated rings. The van der Waals surface area contributed by atoms with Crippen molar-refractivity contribution in [3.05, 3.63) is 108 Å². The predicted molar refractivity (Wildman–Crippen MR) is 153 cm³/mol. The van der Waals surface area contributed by atoms with Gasteiger partial charge in [0.25, 0.3) is 0 Å². The lowest BCUT2D eigenvalue weighted by Gasteiger charge is -2.14. The summed E-state index contributed by atoms with van der Waals surface area (Å²) in [5.41, 5.74) is 5.46. The van der Waals surface area contributed by atoms with Crippen molar-refractivity contribution in [2.45, 2.75) is 38.2 Å². The monoisotopic (exact) mass is 532 g/mol. The highest BCUT2D eigenvalue weighted by Gasteiger charge is 2.51. The lowest BCUT2D eigenvalue weighted by Crippen LogP contribution is -2.19. The third kappa shape index (κ3) is 4.71. The number of anilines is 1. The van der Waals surface area contributed by atoms with Crippen LogP contribution in [-0.2, 0) is 14.9 Å². The lowest BCUT2D eigenvalue weighted by molar-refractivity contribution is -0.140. The van der Waals surface area contributed by atoms with E-state index in [0.717, 1.165) is 33.5 Å². The second-order valence-electron chi connectivity index (χ2n) is 10.2. The van der Waals surface area contributed by atoms with E-state index in [-0.39, 0.29) is 0 Å². The van der Waals surface area contributed by atoms with Crippen LogP contribution in [0.25, 0.3) is 33.6 Å². The van der Waals surface area contributed by atoms with E-state index in [2.05, 4.69) is 10.3 Å². The molecule has 0 aliphatic heterocycles. The molecule has 2 N–H and O–H groups in total. The molecule has 0 saturated heterocycles. The normalized spacial score (nSPS) is 14.4. The second-order valence-corrected chi connectivity index (χ2v) is 10.2. The van der Waals surface area contributed by atoms with Gasteiger partial charge in [-0.3, -0.25) is 10.1 Å². The van der Waals surface area contributed by atoms with Gasteiger partial charge in [-0.1, -0.05) is 78.9 Å². The molecule has 2 aromatic heterocycles. The van der Waals surface area contributed by atoms with Gasteiger partial charge in [0.15, 0.2) is 5.76 Å². The second kappa shape index (κ2) is 10.0. The van der Waals surface area contributed by atoms with E-state index in [4.69, 9.17) is 9.15 Å². The SMILES string of the molecule is Cc1ccc2c(NC(=O)OC(C)c3ccccc3)c(-c3ccc(-c4ccc(C5(C(=O)O)CC5)cc4)cc3)oc2n1. The summed E-state index contributed by atoms with van der Waals surface area (Å²) >= 11 is 0. The summed E-state index contributed by atoms with van der Waals surface area (Å²) in [7, 11) is 0. The summed E-state index contributed by atoms with van der Waals surface area (Å²) in [4.78, 5) is 29.1. The van der Waals surface area contributed by atoms with Gasteiger partial charge < -0.3 is 14.3 Å². The summed E-state index contributed by atoms with van der Waals surface area (Å²) in [6, 6.07) is 28.8. The lowest BCUT2D eigenvalue weighted by atomic mass is 9.93. The van der Waals surface area contributed by atoms with Crippen molar-refractivity contribution in [2.75, 3.05) is 5.32 Å². The average Bonchev–Trinajstić information content (AvgIpc) is 3.72. The molecule has 1 amide bonds. The molecule has 2 heterocycles. The van der Waals surface area contributed by atoms with Crippen LogP contribution in [0.4, 0.5) is 10.5 Å². The summed E-state index contributed by atoms with van der Waals surface area (Å²) in [6.45, 7) is 3.71. The maximum Gasteiger partial charge on any atom is 0.412 e. The minimum atomic E-state index is -0.761. The Balaban J connectivity index is 1.27. The molecular formula is C33H28N2O5. The van der Waals surface area contributed by atoms with Crippen LogP contribution in [0.5, 0.6) is 0 Å². The van der Waals surface area contributed by atoms with Gasteiger partial charge in [0.2, 0.25) is 5.71 Å². The first-order chi connectivity index (χ1) is 19.3. The number of furan rings is 1. The number of carbonyl (C=O) groups excluding carboxylic acids is 1. The molecule has 0 bridgehead atoms. The van der Waals surface area contributed by atoms with Gasteiger partial charge in [-0.05, 0) is 61.1 Å². The van der Waals surface area contributed by atoms with Gasteiger partial charge in [-0.25, -0.2) is 9.78 Å². The Morgan fingerprint density at radius 3 is 2.15 bits per heavy atom. The number of nitrogens with one attached hydrogen (secondary N) is 1. The van der Waals surface area contributed by atoms with E-state index in [9.17, 15) is 14.7 Å². The Morgan fingerprint density at radius 1 is 0.900 bits per heavy atom. The van der Waals surface area contributed by atoms with Gasteiger partial charge in [0.1, 0.15) is 11.8 Å². The molecule has 40 heavy (non-hydrogen) atoms. The van der Waals surface area contributed by atoms with Crippen molar-refractivity contribution in [3.8, 4) is 22.5 Å². The molecule has 3 aromatic carbocycles. The minimum Gasteiger partial charge on any atom is -0.481 e. The topological polar surface area (TPSA) is 102 Å². The number of aliphatic carboxylic acids is 1. The number of pyridine rings is 1. The van der Waals surface area contributed by atoms with Crippen LogP contribution in [0, 0.1) is 6.92 Å². The van der Waals surface area contributed by atoms with Crippen LogP contribution in [0.1, 0.15) is 42.7 Å². The Bertz CT molecular complexity index is 1700. The van der Waals surface area contributed by atoms with Gasteiger partial charge >= 0.3 is 12.1 Å². The van der Waals surface area contributed by atoms with Crippen molar-refractivity contribution >= 4 is 28.8 Å². The van der Waals surface area contributed by atoms with E-state index in [1.165, 1.54) is 0 Å². The maximum absolute atomic E-state index is 12.9. The quantitative estimate of drug-likeness (QED) is 0.221. The first kappa shape index (κ1) is 25.4. The van der Waals surface area contributed by atoms with Crippen molar-refractivity contribution < 1.29 is 23.8 Å². The van der Waals surface area contributed by atoms with Crippen molar-refractivity contribution in [1.82, 2.24) is 4.98 Å². The fraction of sp³-hybridized carbons (Fsp3) is 0.182. The third-order valence-electron chi connectivity index (χ3n) is 7.55. The van der Waals surface area contributed by atoms with E-state index < -0.39 is 23.6 Å². The Kier molecular flexibility index (Phi) is 6.34. The maximum atomic E-state index is 12.9. The van der Waals surface area contributed by atoms with Crippen molar-refractivity contribution in [1.29, 1.82) is 0 Å². The number of carboxylic acid groups (broad SMARTS) is 1. The number of aromatic nitrogens is 1. The zero-order chi connectivity index (χ0) is 27.9. The first-order valence-electron chi connectivity index (χ1n) is 13.2. The van der Waals surface area contributed by atoms with Crippen LogP contribution in [0.2, 0.25) is 0 Å². The van der Waals surface area contributed by atoms with E-state index in [0.29, 0.717) is 35.4 Å². The Morgan fingerprint density at radius 2 is 1.52 bits per heavy atom. The number of hydrogen-bond donors (Lipinski definition) is 2. The molecule has 0 radical (unpaired) electrons. The zero-order valence-electron chi connectivity index (χ0n) is 22.2. The molecular weight excluding hydrogens is 504 g/mol. The summed E-state index contributed by atoms with van der Waals surface area (Å²) < 4.78 is 11.8. The molecule has 1 aliphatic rings. The zero-order valence-corrected chi connectivity index (χ0v) is 22.2. The molecule has 7 nitrogen and oxygen atoms in total. The fourth-order valence-corrected chi connectivity index (χ4v) is 5.03. The molecule has 5 aromatic rings. The van der Waals surface area contributed by atoms with Gasteiger partial charge in [0, 0.05) is 11.3 Å². The number of amides is 1. The van der Waals surface area contributed by atoms with Crippen LogP contribution in [-0.4, -0.2) is 22.2 Å². The number of carbonyl (C=O) groups is 2. The van der Waals surface area contributed by atoms with E-state index >= 15 is 0 Å². The van der Waals surface area contributed by atoms with Crippen LogP contribution in [0.3, 0.4) is 0 Å². The smallest absolute Gasteiger partial charge is 0.412 e.